The lowest BCUT2D eigenvalue weighted by atomic mass is 9.45. The van der Waals surface area contributed by atoms with E-state index in [1.165, 1.54) is 24.1 Å². The van der Waals surface area contributed by atoms with Crippen LogP contribution >= 0.6 is 11.8 Å². The van der Waals surface area contributed by atoms with E-state index in [0.717, 1.165) is 55.1 Å². The number of nitrogens with zero attached hydrogens (tertiary/aromatic N) is 4. The number of aliphatic hydroxyl groups is 1. The fourth-order valence-electron chi connectivity index (χ4n) is 9.11. The number of aromatic nitrogens is 4. The van der Waals surface area contributed by atoms with Crippen molar-refractivity contribution < 1.29 is 28.2 Å². The Hall–Kier alpha value is -3.31. The molecule has 3 fully saturated rings. The predicted octanol–water partition coefficient (Wildman–Crippen LogP) is 5.03. The van der Waals surface area contributed by atoms with Crippen LogP contribution in [0, 0.1) is 34.5 Å². The van der Waals surface area contributed by atoms with Gasteiger partial charge in [0, 0.05) is 5.41 Å². The van der Waals surface area contributed by atoms with E-state index in [1.807, 2.05) is 13.1 Å². The summed E-state index contributed by atoms with van der Waals surface area (Å²) >= 11 is 1.07. The molecule has 7 atom stereocenters. The van der Waals surface area contributed by atoms with Crippen LogP contribution in [-0.4, -0.2) is 53.9 Å². The molecule has 1 N–H and O–H groups in total. The van der Waals surface area contributed by atoms with Crippen LogP contribution in [0.1, 0.15) is 67.7 Å². The molecule has 3 aromatic rings. The van der Waals surface area contributed by atoms with Crippen molar-refractivity contribution in [2.24, 2.45) is 28.6 Å². The van der Waals surface area contributed by atoms with Crippen LogP contribution in [0.25, 0.3) is 11.8 Å². The third-order valence-corrected chi connectivity index (χ3v) is 11.6. The number of rotatable bonds is 4. The topological polar surface area (TPSA) is 120 Å². The third kappa shape index (κ3) is 3.75. The van der Waals surface area contributed by atoms with Crippen molar-refractivity contribution in [1.29, 1.82) is 0 Å². The van der Waals surface area contributed by atoms with Gasteiger partial charge in [0.2, 0.25) is 11.1 Å². The second kappa shape index (κ2) is 9.60. The van der Waals surface area contributed by atoms with Gasteiger partial charge >= 0.3 is 5.97 Å². The average molecular weight is 593 g/mol. The van der Waals surface area contributed by atoms with Gasteiger partial charge in [-0.25, -0.2) is 19.4 Å². The molecule has 0 unspecified atom stereocenters. The SMILES string of the molecule is CSC(=O)[C@@]1(OC(=O)c2cocn2)CC[C@H]2[C@@H]3CCC4=Cc5c(cnn5-c5ccc(F)nc5)C[C@]4(C)[C@H]3[C@@H](O)C[C@@]21C. The van der Waals surface area contributed by atoms with E-state index >= 15 is 0 Å². The first-order chi connectivity index (χ1) is 20.1. The summed E-state index contributed by atoms with van der Waals surface area (Å²) in [5.74, 6) is -0.990. The molecule has 3 saturated carbocycles. The smallest absolute Gasteiger partial charge is 0.361 e. The summed E-state index contributed by atoms with van der Waals surface area (Å²) in [6.07, 6.45) is 12.9. The highest BCUT2D eigenvalue weighted by Crippen LogP contribution is 2.68. The Morgan fingerprint density at radius 1 is 1.21 bits per heavy atom. The van der Waals surface area contributed by atoms with Crippen LogP contribution in [0.2, 0.25) is 0 Å². The lowest BCUT2D eigenvalue weighted by molar-refractivity contribution is -0.174. The van der Waals surface area contributed by atoms with E-state index in [1.54, 1.807) is 17.0 Å². The summed E-state index contributed by atoms with van der Waals surface area (Å²) in [4.78, 5) is 34.5. The summed E-state index contributed by atoms with van der Waals surface area (Å²) in [7, 11) is 0. The lowest BCUT2D eigenvalue weighted by Gasteiger charge is -2.60. The minimum Gasteiger partial charge on any atom is -0.451 e. The van der Waals surface area contributed by atoms with E-state index in [9.17, 15) is 19.1 Å². The van der Waals surface area contributed by atoms with Crippen molar-refractivity contribution in [2.75, 3.05) is 6.26 Å². The Kier molecular flexibility index (Phi) is 6.29. The van der Waals surface area contributed by atoms with Gasteiger partial charge in [-0.3, -0.25) is 4.79 Å². The molecule has 0 aromatic carbocycles. The molecule has 220 valence electrons. The fourth-order valence-corrected chi connectivity index (χ4v) is 9.81. The molecular weight excluding hydrogens is 559 g/mol. The van der Waals surface area contributed by atoms with E-state index in [0.29, 0.717) is 18.5 Å². The van der Waals surface area contributed by atoms with Crippen LogP contribution in [0.4, 0.5) is 4.39 Å². The standard InChI is InChI=1S/C31H33FN4O5S/c1-29-11-17-13-35-36(19-5-7-25(32)33-14-19)23(17)10-18(29)4-6-20-21-8-9-31(28(39)42-3,30(21,2)12-24(37)26(20)29)41-27(38)22-15-40-16-34-22/h5,7,10,13-16,20-21,24,26,37H,4,6,8-9,11-12H2,1-3H3/t20-,21-,24-,26+,29-,30-,31-/m0/s1. The molecule has 0 bridgehead atoms. The Morgan fingerprint density at radius 3 is 2.76 bits per heavy atom. The number of hydrogen-bond acceptors (Lipinski definition) is 9. The number of oxazole rings is 1. The second-order valence-electron chi connectivity index (χ2n) is 12.7. The number of carbonyl (C=O) groups excluding carboxylic acids is 2. The highest BCUT2D eigenvalue weighted by atomic mass is 32.2. The van der Waals surface area contributed by atoms with Crippen molar-refractivity contribution in [1.82, 2.24) is 19.7 Å². The van der Waals surface area contributed by atoms with Crippen LogP contribution in [0.15, 0.2) is 47.2 Å². The van der Waals surface area contributed by atoms with E-state index in [2.05, 4.69) is 28.1 Å². The summed E-state index contributed by atoms with van der Waals surface area (Å²) in [6.45, 7) is 4.28. The molecule has 42 heavy (non-hydrogen) atoms. The summed E-state index contributed by atoms with van der Waals surface area (Å²) in [5.41, 5.74) is 1.66. The first-order valence-corrected chi connectivity index (χ1v) is 15.6. The predicted molar refractivity (Wildman–Crippen MR) is 152 cm³/mol. The summed E-state index contributed by atoms with van der Waals surface area (Å²) in [6, 6.07) is 3.00. The third-order valence-electron chi connectivity index (χ3n) is 10.9. The maximum atomic E-state index is 13.7. The fraction of sp³-hybridized carbons (Fsp3) is 0.516. The zero-order valence-corrected chi connectivity index (χ0v) is 24.6. The number of hydrogen-bond donors (Lipinski definition) is 1. The monoisotopic (exact) mass is 592 g/mol. The van der Waals surface area contributed by atoms with Crippen molar-refractivity contribution in [2.45, 2.75) is 64.1 Å². The summed E-state index contributed by atoms with van der Waals surface area (Å²) in [5, 5.41) is 16.4. The molecule has 0 radical (unpaired) electrons. The zero-order valence-electron chi connectivity index (χ0n) is 23.7. The molecule has 3 heterocycles. The van der Waals surface area contributed by atoms with Crippen LogP contribution in [0.5, 0.6) is 0 Å². The van der Waals surface area contributed by atoms with E-state index < -0.39 is 29.0 Å². The highest BCUT2D eigenvalue weighted by molar-refractivity contribution is 8.13. The quantitative estimate of drug-likeness (QED) is 0.328. The number of ether oxygens (including phenoxy) is 1. The number of halogens is 1. The van der Waals surface area contributed by atoms with Crippen molar-refractivity contribution >= 4 is 28.9 Å². The molecule has 0 spiro atoms. The van der Waals surface area contributed by atoms with Crippen LogP contribution < -0.4 is 0 Å². The Balaban J connectivity index is 1.23. The number of pyridine rings is 1. The van der Waals surface area contributed by atoms with Crippen LogP contribution in [0.3, 0.4) is 0 Å². The minimum atomic E-state index is -1.36. The molecule has 3 aromatic heterocycles. The maximum Gasteiger partial charge on any atom is 0.361 e. The van der Waals surface area contributed by atoms with Crippen molar-refractivity contribution in [3.63, 3.8) is 0 Å². The van der Waals surface area contributed by atoms with Gasteiger partial charge in [-0.2, -0.15) is 9.49 Å². The van der Waals surface area contributed by atoms with Gasteiger partial charge in [0.15, 0.2) is 17.7 Å². The molecule has 0 saturated heterocycles. The molecule has 4 aliphatic rings. The van der Waals surface area contributed by atoms with Crippen molar-refractivity contribution in [3.05, 3.63) is 65.7 Å². The Bertz CT molecular complexity index is 1590. The molecular formula is C31H33FN4O5S. The van der Waals surface area contributed by atoms with Gasteiger partial charge in [-0.05, 0) is 91.7 Å². The average Bonchev–Trinajstić information content (AvgIpc) is 3.70. The highest BCUT2D eigenvalue weighted by Gasteiger charge is 2.70. The first-order valence-electron chi connectivity index (χ1n) is 14.4. The van der Waals surface area contributed by atoms with Gasteiger partial charge in [0.05, 0.1) is 29.9 Å². The van der Waals surface area contributed by atoms with Gasteiger partial charge in [-0.15, -0.1) is 0 Å². The largest absolute Gasteiger partial charge is 0.451 e. The molecule has 9 nitrogen and oxygen atoms in total. The van der Waals surface area contributed by atoms with E-state index in [-0.39, 0.29) is 34.0 Å². The van der Waals surface area contributed by atoms with Gasteiger partial charge in [0.25, 0.3) is 0 Å². The lowest BCUT2D eigenvalue weighted by Crippen LogP contribution is -2.62. The molecule has 7 rings (SSSR count). The molecule has 4 aliphatic carbocycles. The van der Waals surface area contributed by atoms with Gasteiger partial charge < -0.3 is 14.3 Å². The maximum absolute atomic E-state index is 13.7. The van der Waals surface area contributed by atoms with Gasteiger partial charge in [-0.1, -0.05) is 31.2 Å². The van der Waals surface area contributed by atoms with Crippen molar-refractivity contribution in [3.8, 4) is 5.69 Å². The number of thioether (sulfide) groups is 1. The summed E-state index contributed by atoms with van der Waals surface area (Å²) < 4.78 is 26.4. The molecule has 0 amide bonds. The number of esters is 1. The zero-order chi connectivity index (χ0) is 29.4. The van der Waals surface area contributed by atoms with Crippen LogP contribution in [-0.2, 0) is 16.0 Å². The number of aliphatic hydroxyl groups excluding tert-OH is 1. The number of carbonyl (C=O) groups is 2. The second-order valence-corrected chi connectivity index (χ2v) is 13.5. The first kappa shape index (κ1) is 27.5. The Morgan fingerprint density at radius 2 is 2.05 bits per heavy atom. The number of fused-ring (bicyclic) bond motifs is 6. The Labute approximate surface area is 246 Å². The number of allylic oxidation sites excluding steroid dienone is 1. The molecule has 0 aliphatic heterocycles. The minimum absolute atomic E-state index is 0.0222. The van der Waals surface area contributed by atoms with Gasteiger partial charge in [0.1, 0.15) is 6.26 Å². The normalized spacial score (nSPS) is 34.9. The molecule has 11 heteroatoms. The van der Waals surface area contributed by atoms with E-state index in [4.69, 9.17) is 9.15 Å².